The van der Waals surface area contributed by atoms with Crippen LogP contribution in [0.25, 0.3) is 0 Å². The van der Waals surface area contributed by atoms with Crippen LogP contribution in [0.15, 0.2) is 48.5 Å². The molecule has 0 radical (unpaired) electrons. The fourth-order valence-electron chi connectivity index (χ4n) is 4.29. The lowest BCUT2D eigenvalue weighted by Crippen LogP contribution is -2.47. The van der Waals surface area contributed by atoms with Crippen molar-refractivity contribution < 1.29 is 17.9 Å². The number of piperidine rings is 1. The molecule has 3 rings (SSSR count). The van der Waals surface area contributed by atoms with Gasteiger partial charge < -0.3 is 9.64 Å². The Morgan fingerprint density at radius 2 is 1.62 bits per heavy atom. The zero-order valence-electron chi connectivity index (χ0n) is 20.5. The number of benzene rings is 2. The predicted molar refractivity (Wildman–Crippen MR) is 137 cm³/mol. The highest BCUT2D eigenvalue weighted by Gasteiger charge is 2.26. The molecule has 1 fully saturated rings. The van der Waals surface area contributed by atoms with Crippen molar-refractivity contribution in [2.75, 3.05) is 30.6 Å². The molecule has 186 valence electrons. The third kappa shape index (κ3) is 8.02. The van der Waals surface area contributed by atoms with Gasteiger partial charge in [0.1, 0.15) is 11.5 Å². The molecule has 7 nitrogen and oxygen atoms in total. The summed E-state index contributed by atoms with van der Waals surface area (Å²) >= 11 is 0. The van der Waals surface area contributed by atoms with Crippen LogP contribution in [0.1, 0.15) is 51.5 Å². The number of carbonyl (C=O) groups excluding carboxylic acids is 1. The molecule has 0 spiro atoms. The second-order valence-electron chi connectivity index (χ2n) is 8.95. The maximum absolute atomic E-state index is 12.4. The van der Waals surface area contributed by atoms with E-state index in [0.717, 1.165) is 63.9 Å². The maximum Gasteiger partial charge on any atom is 0.229 e. The van der Waals surface area contributed by atoms with Crippen LogP contribution < -0.4 is 9.46 Å². The van der Waals surface area contributed by atoms with E-state index in [9.17, 15) is 13.2 Å². The Bertz CT molecular complexity index is 1020. The molecule has 34 heavy (non-hydrogen) atoms. The molecule has 1 saturated heterocycles. The predicted octanol–water partition coefficient (Wildman–Crippen LogP) is 4.85. The molecule has 0 aromatic heterocycles. The third-order valence-corrected chi connectivity index (χ3v) is 6.70. The number of amides is 1. The van der Waals surface area contributed by atoms with Gasteiger partial charge in [0, 0.05) is 44.3 Å². The number of rotatable bonds is 11. The molecule has 1 N–H and O–H groups in total. The van der Waals surface area contributed by atoms with Crippen LogP contribution in [0.3, 0.4) is 0 Å². The highest BCUT2D eigenvalue weighted by atomic mass is 32.2. The second kappa shape index (κ2) is 12.2. The zero-order chi connectivity index (χ0) is 24.6. The average molecular weight is 488 g/mol. The minimum absolute atomic E-state index is 0.281. The van der Waals surface area contributed by atoms with Crippen LogP contribution >= 0.6 is 0 Å². The number of likely N-dealkylation sites (tertiary alicyclic amines) is 1. The van der Waals surface area contributed by atoms with Crippen molar-refractivity contribution in [2.24, 2.45) is 0 Å². The molecule has 0 aliphatic carbocycles. The number of hydrogen-bond donors (Lipinski definition) is 1. The van der Waals surface area contributed by atoms with Crippen molar-refractivity contribution in [3.63, 3.8) is 0 Å². The summed E-state index contributed by atoms with van der Waals surface area (Å²) in [6, 6.07) is 15.2. The summed E-state index contributed by atoms with van der Waals surface area (Å²) in [7, 11) is -3.29. The summed E-state index contributed by atoms with van der Waals surface area (Å²) in [6.07, 6.45) is 5.94. The molecule has 1 aliphatic heterocycles. The van der Waals surface area contributed by atoms with E-state index >= 15 is 0 Å². The molecule has 0 atom stereocenters. The Morgan fingerprint density at radius 1 is 1.03 bits per heavy atom. The molecule has 1 amide bonds. The van der Waals surface area contributed by atoms with Crippen molar-refractivity contribution >= 4 is 21.6 Å². The minimum Gasteiger partial charge on any atom is -0.457 e. The van der Waals surface area contributed by atoms with Gasteiger partial charge in [-0.25, -0.2) is 8.42 Å². The standard InChI is InChI=1S/C26H37N3O4S/c1-4-6-17-29(26(30)5-2)23-15-18-28(19-16-23)20-21-7-11-24(12-8-21)33-25-13-9-22(10-14-25)27-34(3,31)32/h7-14,23,27H,4-6,15-20H2,1-3H3. The molecule has 1 aliphatic rings. The number of nitrogens with zero attached hydrogens (tertiary/aromatic N) is 2. The second-order valence-corrected chi connectivity index (χ2v) is 10.7. The molecule has 8 heteroatoms. The van der Waals surface area contributed by atoms with E-state index in [2.05, 4.69) is 33.6 Å². The first-order valence-corrected chi connectivity index (χ1v) is 14.0. The Balaban J connectivity index is 1.49. The first-order chi connectivity index (χ1) is 16.3. The number of unbranched alkanes of at least 4 members (excludes halogenated alkanes) is 1. The van der Waals surface area contributed by atoms with Gasteiger partial charge in [-0.3, -0.25) is 14.4 Å². The van der Waals surface area contributed by atoms with Gasteiger partial charge in [0.05, 0.1) is 6.26 Å². The number of ether oxygens (including phenoxy) is 1. The normalized spacial score (nSPS) is 15.1. The Labute approximate surface area is 204 Å². The van der Waals surface area contributed by atoms with Gasteiger partial charge in [-0.2, -0.15) is 0 Å². The van der Waals surface area contributed by atoms with Crippen LogP contribution in [0, 0.1) is 0 Å². The van der Waals surface area contributed by atoms with Gasteiger partial charge in [-0.1, -0.05) is 32.4 Å². The lowest BCUT2D eigenvalue weighted by Gasteiger charge is -2.38. The molecule has 2 aromatic carbocycles. The number of anilines is 1. The zero-order valence-corrected chi connectivity index (χ0v) is 21.3. The number of carbonyl (C=O) groups is 1. The van der Waals surface area contributed by atoms with Crippen molar-refractivity contribution in [1.82, 2.24) is 9.80 Å². The Kier molecular flexibility index (Phi) is 9.36. The van der Waals surface area contributed by atoms with Crippen molar-refractivity contribution in [3.05, 3.63) is 54.1 Å². The van der Waals surface area contributed by atoms with E-state index in [1.807, 2.05) is 19.1 Å². The number of nitrogens with one attached hydrogen (secondary N) is 1. The van der Waals surface area contributed by atoms with E-state index in [-0.39, 0.29) is 5.91 Å². The molecule has 0 saturated carbocycles. The lowest BCUT2D eigenvalue weighted by molar-refractivity contribution is -0.134. The highest BCUT2D eigenvalue weighted by molar-refractivity contribution is 7.92. The third-order valence-electron chi connectivity index (χ3n) is 6.10. The van der Waals surface area contributed by atoms with Crippen LogP contribution in [0.4, 0.5) is 5.69 Å². The Hall–Kier alpha value is -2.58. The van der Waals surface area contributed by atoms with E-state index < -0.39 is 10.0 Å². The lowest BCUT2D eigenvalue weighted by atomic mass is 10.0. The smallest absolute Gasteiger partial charge is 0.229 e. The van der Waals surface area contributed by atoms with Gasteiger partial charge in [0.25, 0.3) is 0 Å². The topological polar surface area (TPSA) is 79.0 Å². The van der Waals surface area contributed by atoms with E-state index in [4.69, 9.17) is 4.74 Å². The number of sulfonamides is 1. The van der Waals surface area contributed by atoms with E-state index in [1.54, 1.807) is 24.3 Å². The molecule has 0 bridgehead atoms. The largest absolute Gasteiger partial charge is 0.457 e. The van der Waals surface area contributed by atoms with Gasteiger partial charge in [0.2, 0.25) is 15.9 Å². The maximum atomic E-state index is 12.4. The van der Waals surface area contributed by atoms with Gasteiger partial charge in [0.15, 0.2) is 0 Å². The average Bonchev–Trinajstić information content (AvgIpc) is 2.81. The van der Waals surface area contributed by atoms with Crippen LogP contribution in [-0.4, -0.2) is 56.1 Å². The van der Waals surface area contributed by atoms with Crippen LogP contribution in [-0.2, 0) is 21.4 Å². The van der Waals surface area contributed by atoms with Gasteiger partial charge in [-0.05, 0) is 61.2 Å². The fraction of sp³-hybridized carbons (Fsp3) is 0.500. The molecule has 1 heterocycles. The minimum atomic E-state index is -3.29. The summed E-state index contributed by atoms with van der Waals surface area (Å²) in [5.74, 6) is 1.66. The van der Waals surface area contributed by atoms with E-state index in [0.29, 0.717) is 23.9 Å². The molecule has 2 aromatic rings. The fourth-order valence-corrected chi connectivity index (χ4v) is 4.86. The van der Waals surface area contributed by atoms with Crippen LogP contribution in [0.5, 0.6) is 11.5 Å². The van der Waals surface area contributed by atoms with Gasteiger partial charge in [-0.15, -0.1) is 0 Å². The number of hydrogen-bond acceptors (Lipinski definition) is 5. The Morgan fingerprint density at radius 3 is 2.15 bits per heavy atom. The summed E-state index contributed by atoms with van der Waals surface area (Å²) in [5.41, 5.74) is 1.73. The van der Waals surface area contributed by atoms with Crippen molar-refractivity contribution in [2.45, 2.75) is 58.5 Å². The van der Waals surface area contributed by atoms with E-state index in [1.165, 1.54) is 5.56 Å². The van der Waals surface area contributed by atoms with Crippen molar-refractivity contribution in [1.29, 1.82) is 0 Å². The molecular weight excluding hydrogens is 450 g/mol. The van der Waals surface area contributed by atoms with Crippen LogP contribution in [0.2, 0.25) is 0 Å². The first-order valence-electron chi connectivity index (χ1n) is 12.1. The summed E-state index contributed by atoms with van der Waals surface area (Å²) < 4.78 is 30.9. The molecular formula is C26H37N3O4S. The summed E-state index contributed by atoms with van der Waals surface area (Å²) in [6.45, 7) is 7.88. The molecule has 0 unspecified atom stereocenters. The first kappa shape index (κ1) is 26.0. The highest BCUT2D eigenvalue weighted by Crippen LogP contribution is 2.25. The van der Waals surface area contributed by atoms with Crippen molar-refractivity contribution in [3.8, 4) is 11.5 Å². The summed E-state index contributed by atoms with van der Waals surface area (Å²) in [4.78, 5) is 17.0. The quantitative estimate of drug-likeness (QED) is 0.490. The SMILES string of the molecule is CCCCN(C(=O)CC)C1CCN(Cc2ccc(Oc3ccc(NS(C)(=O)=O)cc3)cc2)CC1. The van der Waals surface area contributed by atoms with Gasteiger partial charge >= 0.3 is 0 Å². The monoisotopic (exact) mass is 487 g/mol. The summed E-state index contributed by atoms with van der Waals surface area (Å²) in [5, 5.41) is 0.